The number of rotatable bonds is 3. The fourth-order valence-electron chi connectivity index (χ4n) is 2.45. The van der Waals surface area contributed by atoms with Crippen molar-refractivity contribution >= 4 is 11.6 Å². The van der Waals surface area contributed by atoms with Crippen LogP contribution in [0.25, 0.3) is 0 Å². The predicted molar refractivity (Wildman–Crippen MR) is 73.4 cm³/mol. The SMILES string of the molecule is CNC1CC(C)(C(C)OC)Oc2ccc(Cl)cc21. The molecule has 0 spiro atoms. The zero-order valence-corrected chi connectivity index (χ0v) is 12.0. The van der Waals surface area contributed by atoms with Crippen LogP contribution in [0, 0.1) is 0 Å². The Morgan fingerprint density at radius 2 is 2.28 bits per heavy atom. The lowest BCUT2D eigenvalue weighted by Crippen LogP contribution is -2.49. The van der Waals surface area contributed by atoms with E-state index < -0.39 is 0 Å². The first kappa shape index (κ1) is 13.7. The van der Waals surface area contributed by atoms with E-state index in [1.165, 1.54) is 0 Å². The average molecular weight is 270 g/mol. The normalized spacial score (nSPS) is 28.4. The van der Waals surface area contributed by atoms with Crippen molar-refractivity contribution in [3.8, 4) is 5.75 Å². The van der Waals surface area contributed by atoms with Crippen LogP contribution in [0.4, 0.5) is 0 Å². The van der Waals surface area contributed by atoms with E-state index in [1.54, 1.807) is 7.11 Å². The summed E-state index contributed by atoms with van der Waals surface area (Å²) in [6.45, 7) is 4.12. The van der Waals surface area contributed by atoms with E-state index in [0.717, 1.165) is 22.8 Å². The van der Waals surface area contributed by atoms with Gasteiger partial charge in [-0.1, -0.05) is 11.6 Å². The van der Waals surface area contributed by atoms with Gasteiger partial charge in [-0.15, -0.1) is 0 Å². The number of hydrogen-bond donors (Lipinski definition) is 1. The number of fused-ring (bicyclic) bond motifs is 1. The molecule has 1 aromatic rings. The van der Waals surface area contributed by atoms with Crippen LogP contribution in [0.15, 0.2) is 18.2 Å². The van der Waals surface area contributed by atoms with Crippen LogP contribution < -0.4 is 10.1 Å². The van der Waals surface area contributed by atoms with Gasteiger partial charge in [0.15, 0.2) is 0 Å². The number of halogens is 1. The molecule has 2 rings (SSSR count). The molecule has 3 nitrogen and oxygen atoms in total. The van der Waals surface area contributed by atoms with Gasteiger partial charge in [0.1, 0.15) is 11.4 Å². The van der Waals surface area contributed by atoms with Gasteiger partial charge in [0.2, 0.25) is 0 Å². The van der Waals surface area contributed by atoms with Crippen LogP contribution in [-0.2, 0) is 4.74 Å². The second-order valence-electron chi connectivity index (χ2n) is 5.02. The minimum Gasteiger partial charge on any atom is -0.484 e. The van der Waals surface area contributed by atoms with Gasteiger partial charge < -0.3 is 14.8 Å². The minimum absolute atomic E-state index is 0.0252. The molecule has 3 atom stereocenters. The highest BCUT2D eigenvalue weighted by Gasteiger charge is 2.41. The maximum atomic E-state index is 6.14. The van der Waals surface area contributed by atoms with E-state index in [9.17, 15) is 0 Å². The first-order chi connectivity index (χ1) is 8.50. The van der Waals surface area contributed by atoms with E-state index in [2.05, 4.69) is 12.2 Å². The molecule has 1 aliphatic heterocycles. The lowest BCUT2D eigenvalue weighted by molar-refractivity contribution is -0.0727. The third-order valence-corrected chi connectivity index (χ3v) is 4.10. The van der Waals surface area contributed by atoms with Gasteiger partial charge >= 0.3 is 0 Å². The van der Waals surface area contributed by atoms with Crippen LogP contribution in [-0.4, -0.2) is 25.9 Å². The van der Waals surface area contributed by atoms with Crippen LogP contribution in [0.1, 0.15) is 31.9 Å². The molecule has 1 N–H and O–H groups in total. The van der Waals surface area contributed by atoms with Gasteiger partial charge in [-0.2, -0.15) is 0 Å². The molecule has 0 aliphatic carbocycles. The fourth-order valence-corrected chi connectivity index (χ4v) is 2.63. The quantitative estimate of drug-likeness (QED) is 0.914. The van der Waals surface area contributed by atoms with E-state index in [1.807, 2.05) is 32.2 Å². The molecular weight excluding hydrogens is 250 g/mol. The summed E-state index contributed by atoms with van der Waals surface area (Å²) in [7, 11) is 3.67. The molecule has 0 amide bonds. The predicted octanol–water partition coefficient (Wildman–Crippen LogP) is 3.18. The highest BCUT2D eigenvalue weighted by atomic mass is 35.5. The summed E-state index contributed by atoms with van der Waals surface area (Å²) in [5, 5.41) is 4.06. The van der Waals surface area contributed by atoms with Gasteiger partial charge in [0.25, 0.3) is 0 Å². The Morgan fingerprint density at radius 3 is 2.89 bits per heavy atom. The summed E-state index contributed by atoms with van der Waals surface area (Å²) in [6.07, 6.45) is 0.878. The Morgan fingerprint density at radius 1 is 1.56 bits per heavy atom. The molecular formula is C14H20ClNO2. The van der Waals surface area contributed by atoms with Crippen molar-refractivity contribution in [3.05, 3.63) is 28.8 Å². The van der Waals surface area contributed by atoms with Crippen molar-refractivity contribution in [1.82, 2.24) is 5.32 Å². The van der Waals surface area contributed by atoms with E-state index in [0.29, 0.717) is 0 Å². The molecule has 1 aliphatic rings. The van der Waals surface area contributed by atoms with Crippen molar-refractivity contribution in [1.29, 1.82) is 0 Å². The van der Waals surface area contributed by atoms with Crippen molar-refractivity contribution < 1.29 is 9.47 Å². The van der Waals surface area contributed by atoms with Crippen LogP contribution in [0.5, 0.6) is 5.75 Å². The molecule has 18 heavy (non-hydrogen) atoms. The molecule has 0 saturated carbocycles. The molecule has 0 bridgehead atoms. The number of methoxy groups -OCH3 is 1. The average Bonchev–Trinajstić information content (AvgIpc) is 2.37. The Bertz CT molecular complexity index is 438. The Kier molecular flexibility index (Phi) is 3.85. The molecule has 0 fully saturated rings. The number of nitrogens with one attached hydrogen (secondary N) is 1. The third kappa shape index (κ3) is 2.35. The van der Waals surface area contributed by atoms with E-state index in [-0.39, 0.29) is 17.7 Å². The van der Waals surface area contributed by atoms with E-state index >= 15 is 0 Å². The maximum Gasteiger partial charge on any atom is 0.134 e. The second-order valence-corrected chi connectivity index (χ2v) is 5.46. The van der Waals surface area contributed by atoms with Crippen LogP contribution in [0.3, 0.4) is 0 Å². The topological polar surface area (TPSA) is 30.5 Å². The maximum absolute atomic E-state index is 6.14. The molecule has 0 saturated heterocycles. The molecule has 0 radical (unpaired) electrons. The summed E-state index contributed by atoms with van der Waals surface area (Å²) in [6, 6.07) is 5.99. The molecule has 0 aromatic heterocycles. The summed E-state index contributed by atoms with van der Waals surface area (Å²) in [5.74, 6) is 0.886. The van der Waals surface area contributed by atoms with Crippen molar-refractivity contribution in [2.24, 2.45) is 0 Å². The molecule has 3 unspecified atom stereocenters. The fraction of sp³-hybridized carbons (Fsp3) is 0.571. The Hall–Kier alpha value is -0.770. The molecule has 1 aromatic carbocycles. The minimum atomic E-state index is -0.330. The summed E-state index contributed by atoms with van der Waals surface area (Å²) >= 11 is 6.05. The van der Waals surface area contributed by atoms with Gasteiger partial charge in [0, 0.05) is 30.2 Å². The van der Waals surface area contributed by atoms with Gasteiger partial charge in [0.05, 0.1) is 6.10 Å². The monoisotopic (exact) mass is 269 g/mol. The van der Waals surface area contributed by atoms with Gasteiger partial charge in [-0.3, -0.25) is 0 Å². The number of hydrogen-bond acceptors (Lipinski definition) is 3. The largest absolute Gasteiger partial charge is 0.484 e. The zero-order chi connectivity index (χ0) is 13.3. The summed E-state index contributed by atoms with van der Waals surface area (Å²) in [5.41, 5.74) is 0.786. The highest BCUT2D eigenvalue weighted by molar-refractivity contribution is 6.30. The lowest BCUT2D eigenvalue weighted by Gasteiger charge is -2.42. The Labute approximate surface area is 113 Å². The summed E-state index contributed by atoms with van der Waals surface area (Å²) < 4.78 is 11.6. The standard InChI is InChI=1S/C14H20ClNO2/c1-9(17-4)14(2)8-12(16-3)11-7-10(15)5-6-13(11)18-14/h5-7,9,12,16H,8H2,1-4H3. The summed E-state index contributed by atoms with van der Waals surface area (Å²) in [4.78, 5) is 0. The smallest absolute Gasteiger partial charge is 0.134 e. The number of ether oxygens (including phenoxy) is 2. The second kappa shape index (κ2) is 5.08. The molecule has 100 valence electrons. The zero-order valence-electron chi connectivity index (χ0n) is 11.3. The van der Waals surface area contributed by atoms with Gasteiger partial charge in [-0.05, 0) is 39.1 Å². The number of benzene rings is 1. The lowest BCUT2D eigenvalue weighted by atomic mass is 9.85. The van der Waals surface area contributed by atoms with Crippen molar-refractivity contribution in [3.63, 3.8) is 0 Å². The Balaban J connectivity index is 2.39. The van der Waals surface area contributed by atoms with Crippen LogP contribution >= 0.6 is 11.6 Å². The highest BCUT2D eigenvalue weighted by Crippen LogP contribution is 2.42. The van der Waals surface area contributed by atoms with Crippen LogP contribution in [0.2, 0.25) is 5.02 Å². The van der Waals surface area contributed by atoms with Gasteiger partial charge in [-0.25, -0.2) is 0 Å². The van der Waals surface area contributed by atoms with Crippen molar-refractivity contribution in [2.75, 3.05) is 14.2 Å². The third-order valence-electron chi connectivity index (χ3n) is 3.86. The first-order valence-corrected chi connectivity index (χ1v) is 6.56. The van der Waals surface area contributed by atoms with E-state index in [4.69, 9.17) is 21.1 Å². The first-order valence-electron chi connectivity index (χ1n) is 6.18. The van der Waals surface area contributed by atoms with Crippen molar-refractivity contribution in [2.45, 2.75) is 38.0 Å². The molecule has 1 heterocycles. The molecule has 4 heteroatoms.